The average Bonchev–Trinajstić information content (AvgIpc) is 2.18. The number of carbonyl (C=O) groups is 1. The van der Waals surface area contributed by atoms with Gasteiger partial charge in [0.15, 0.2) is 5.78 Å². The number of Topliss-reactive ketones (excluding diaryl/α,β-unsaturated/α-hetero) is 1. The molecule has 2 nitrogen and oxygen atoms in total. The molecule has 0 aliphatic rings. The van der Waals surface area contributed by atoms with Crippen LogP contribution in [0.15, 0.2) is 16.6 Å². The fourth-order valence-corrected chi connectivity index (χ4v) is 1.80. The number of halogens is 4. The van der Waals surface area contributed by atoms with Crippen molar-refractivity contribution in [1.29, 1.82) is 0 Å². The predicted octanol–water partition coefficient (Wildman–Crippen LogP) is 4.07. The molecule has 0 unspecified atom stereocenters. The number of alkyl halides is 3. The van der Waals surface area contributed by atoms with Crippen molar-refractivity contribution in [3.63, 3.8) is 0 Å². The molecule has 6 heteroatoms. The van der Waals surface area contributed by atoms with Gasteiger partial charge in [0.1, 0.15) is 5.75 Å². The van der Waals surface area contributed by atoms with Crippen molar-refractivity contribution < 1.29 is 22.7 Å². The second-order valence-corrected chi connectivity index (χ2v) is 4.17. The molecule has 0 aliphatic carbocycles. The summed E-state index contributed by atoms with van der Waals surface area (Å²) >= 11 is 3.07. The molecule has 0 amide bonds. The second kappa shape index (κ2) is 5.08. The van der Waals surface area contributed by atoms with Gasteiger partial charge in [-0.25, -0.2) is 0 Å². The number of benzene rings is 1. The summed E-state index contributed by atoms with van der Waals surface area (Å²) < 4.78 is 43.6. The van der Waals surface area contributed by atoms with Gasteiger partial charge in [0.2, 0.25) is 0 Å². The molecule has 0 N–H and O–H groups in total. The fraction of sp³-hybridized carbons (Fsp3) is 0.364. The Bertz CT molecular complexity index is 441. The highest BCUT2D eigenvalue weighted by Gasteiger charge is 2.35. The van der Waals surface area contributed by atoms with Crippen molar-refractivity contribution in [2.75, 3.05) is 6.61 Å². The van der Waals surface area contributed by atoms with Crippen LogP contribution in [0.25, 0.3) is 0 Å². The molecule has 0 aromatic heterocycles. The van der Waals surface area contributed by atoms with E-state index in [9.17, 15) is 18.0 Å². The summed E-state index contributed by atoms with van der Waals surface area (Å²) in [6.45, 7) is 3.01. The van der Waals surface area contributed by atoms with E-state index in [1.807, 2.05) is 0 Å². The van der Waals surface area contributed by atoms with Gasteiger partial charge in [0.25, 0.3) is 0 Å². The molecule has 1 aromatic carbocycles. The monoisotopic (exact) mass is 310 g/mol. The van der Waals surface area contributed by atoms with Crippen LogP contribution in [0.4, 0.5) is 13.2 Å². The highest BCUT2D eigenvalue weighted by Crippen LogP contribution is 2.38. The van der Waals surface area contributed by atoms with Gasteiger partial charge >= 0.3 is 6.18 Å². The Morgan fingerprint density at radius 1 is 1.41 bits per heavy atom. The number of ketones is 1. The van der Waals surface area contributed by atoms with E-state index in [-0.39, 0.29) is 17.9 Å². The van der Waals surface area contributed by atoms with Gasteiger partial charge in [0, 0.05) is 5.56 Å². The zero-order chi connectivity index (χ0) is 13.2. The van der Waals surface area contributed by atoms with E-state index in [1.54, 1.807) is 6.92 Å². The topological polar surface area (TPSA) is 26.3 Å². The highest BCUT2D eigenvalue weighted by atomic mass is 79.9. The summed E-state index contributed by atoms with van der Waals surface area (Å²) in [5, 5.41) is 0. The highest BCUT2D eigenvalue weighted by molar-refractivity contribution is 9.10. The molecule has 0 heterocycles. The quantitative estimate of drug-likeness (QED) is 0.787. The minimum Gasteiger partial charge on any atom is -0.493 e. The molecule has 17 heavy (non-hydrogen) atoms. The number of hydrogen-bond donors (Lipinski definition) is 0. The van der Waals surface area contributed by atoms with Crippen molar-refractivity contribution in [1.82, 2.24) is 0 Å². The van der Waals surface area contributed by atoms with E-state index in [2.05, 4.69) is 15.9 Å². The van der Waals surface area contributed by atoms with Crippen LogP contribution in [0.1, 0.15) is 29.8 Å². The van der Waals surface area contributed by atoms with E-state index in [0.29, 0.717) is 4.47 Å². The van der Waals surface area contributed by atoms with E-state index in [1.165, 1.54) is 0 Å². The lowest BCUT2D eigenvalue weighted by Gasteiger charge is -2.14. The van der Waals surface area contributed by atoms with Crippen molar-refractivity contribution in [2.24, 2.45) is 0 Å². The van der Waals surface area contributed by atoms with Gasteiger partial charge in [-0.1, -0.05) is 0 Å². The zero-order valence-corrected chi connectivity index (χ0v) is 10.8. The summed E-state index contributed by atoms with van der Waals surface area (Å²) in [6, 6.07) is 1.97. The van der Waals surface area contributed by atoms with Crippen LogP contribution in [0.3, 0.4) is 0 Å². The molecule has 1 rings (SSSR count). The molecular formula is C11H10BrF3O2. The van der Waals surface area contributed by atoms with Crippen LogP contribution in [-0.4, -0.2) is 12.4 Å². The van der Waals surface area contributed by atoms with Crippen LogP contribution in [0, 0.1) is 0 Å². The van der Waals surface area contributed by atoms with Gasteiger partial charge in [-0.15, -0.1) is 0 Å². The Kier molecular flexibility index (Phi) is 4.19. The third-order valence-corrected chi connectivity index (χ3v) is 2.68. The molecule has 0 saturated carbocycles. The minimum atomic E-state index is -4.58. The first-order valence-corrected chi connectivity index (χ1v) is 5.61. The second-order valence-electron chi connectivity index (χ2n) is 3.32. The van der Waals surface area contributed by atoms with Gasteiger partial charge in [-0.05, 0) is 41.9 Å². The van der Waals surface area contributed by atoms with E-state index >= 15 is 0 Å². The summed E-state index contributed by atoms with van der Waals surface area (Å²) in [7, 11) is 0. The molecule has 0 atom stereocenters. The largest absolute Gasteiger partial charge is 0.493 e. The van der Waals surface area contributed by atoms with Gasteiger partial charge < -0.3 is 4.74 Å². The summed E-state index contributed by atoms with van der Waals surface area (Å²) in [5.41, 5.74) is -1.34. The van der Waals surface area contributed by atoms with E-state index in [4.69, 9.17) is 4.74 Å². The third kappa shape index (κ3) is 3.21. The van der Waals surface area contributed by atoms with Gasteiger partial charge in [-0.2, -0.15) is 13.2 Å². The Balaban J connectivity index is 3.42. The Morgan fingerprint density at radius 3 is 2.41 bits per heavy atom. The molecule has 0 radical (unpaired) electrons. The molecule has 0 saturated heterocycles. The number of carbonyl (C=O) groups excluding carboxylic acids is 1. The molecule has 1 aromatic rings. The Labute approximate surface area is 105 Å². The lowest BCUT2D eigenvalue weighted by atomic mass is 10.0. The van der Waals surface area contributed by atoms with Crippen molar-refractivity contribution in [3.8, 4) is 5.75 Å². The average molecular weight is 311 g/mol. The summed E-state index contributed by atoms with van der Waals surface area (Å²) in [4.78, 5) is 11.2. The number of ether oxygens (including phenoxy) is 1. The number of hydrogen-bond acceptors (Lipinski definition) is 2. The van der Waals surface area contributed by atoms with Crippen molar-refractivity contribution in [3.05, 3.63) is 27.7 Å². The lowest BCUT2D eigenvalue weighted by Crippen LogP contribution is -2.12. The molecule has 0 fully saturated rings. The zero-order valence-electron chi connectivity index (χ0n) is 9.19. The molecule has 0 spiro atoms. The normalized spacial score (nSPS) is 11.4. The standard InChI is InChI=1S/C11H10BrF3O2/c1-3-17-10-5-8(11(13,14)15)7(6(2)16)4-9(10)12/h4-5H,3H2,1-2H3. The van der Waals surface area contributed by atoms with Crippen LogP contribution in [0.5, 0.6) is 5.75 Å². The minimum absolute atomic E-state index is 0.0739. The lowest BCUT2D eigenvalue weighted by molar-refractivity contribution is -0.138. The SMILES string of the molecule is CCOc1cc(C(F)(F)F)c(C(C)=O)cc1Br. The third-order valence-electron chi connectivity index (χ3n) is 2.06. The van der Waals surface area contributed by atoms with Gasteiger partial charge in [0.05, 0.1) is 16.6 Å². The van der Waals surface area contributed by atoms with Gasteiger partial charge in [-0.3, -0.25) is 4.79 Å². The first kappa shape index (κ1) is 14.0. The number of rotatable bonds is 3. The van der Waals surface area contributed by atoms with E-state index < -0.39 is 17.5 Å². The maximum absolute atomic E-state index is 12.7. The Morgan fingerprint density at radius 2 is 2.00 bits per heavy atom. The maximum atomic E-state index is 12.7. The molecular weight excluding hydrogens is 301 g/mol. The van der Waals surface area contributed by atoms with Crippen LogP contribution in [0.2, 0.25) is 0 Å². The van der Waals surface area contributed by atoms with Crippen molar-refractivity contribution >= 4 is 21.7 Å². The molecule has 0 bridgehead atoms. The fourth-order valence-electron chi connectivity index (χ4n) is 1.35. The van der Waals surface area contributed by atoms with Crippen LogP contribution < -0.4 is 4.74 Å². The molecule has 0 aliphatic heterocycles. The smallest absolute Gasteiger partial charge is 0.417 e. The Hall–Kier alpha value is -1.04. The first-order chi connectivity index (χ1) is 7.77. The van der Waals surface area contributed by atoms with Crippen molar-refractivity contribution in [2.45, 2.75) is 20.0 Å². The van der Waals surface area contributed by atoms with Crippen LogP contribution >= 0.6 is 15.9 Å². The maximum Gasteiger partial charge on any atom is 0.417 e. The summed E-state index contributed by atoms with van der Waals surface area (Å²) in [5.74, 6) is -0.564. The molecule has 94 valence electrons. The predicted molar refractivity (Wildman–Crippen MR) is 60.3 cm³/mol. The summed E-state index contributed by atoms with van der Waals surface area (Å²) in [6.07, 6.45) is -4.58. The van der Waals surface area contributed by atoms with E-state index in [0.717, 1.165) is 19.1 Å². The first-order valence-electron chi connectivity index (χ1n) is 4.81. The van der Waals surface area contributed by atoms with Crippen LogP contribution in [-0.2, 0) is 6.18 Å².